The Morgan fingerprint density at radius 2 is 2.00 bits per heavy atom. The maximum absolute atomic E-state index is 13.7. The van der Waals surface area contributed by atoms with Crippen molar-refractivity contribution < 1.29 is 14.1 Å². The van der Waals surface area contributed by atoms with E-state index in [0.29, 0.717) is 4.47 Å². The number of nitriles is 1. The van der Waals surface area contributed by atoms with E-state index in [1.54, 1.807) is 6.07 Å². The minimum Gasteiger partial charge on any atom is -0.447 e. The van der Waals surface area contributed by atoms with Crippen LogP contribution in [-0.4, -0.2) is 4.92 Å². The third-order valence-electron chi connectivity index (χ3n) is 2.40. The maximum Gasteiger partial charge on any atom is 0.311 e. The molecular weight excluding hydrogens is 331 g/mol. The normalized spacial score (nSPS) is 9.85. The van der Waals surface area contributed by atoms with E-state index in [1.165, 1.54) is 24.3 Å². The third kappa shape index (κ3) is 2.92. The van der Waals surface area contributed by atoms with Gasteiger partial charge in [-0.25, -0.2) is 4.39 Å². The quantitative estimate of drug-likeness (QED) is 0.622. The van der Waals surface area contributed by atoms with Crippen LogP contribution in [0.4, 0.5) is 10.1 Å². The van der Waals surface area contributed by atoms with Gasteiger partial charge in [0.05, 0.1) is 16.6 Å². The van der Waals surface area contributed by atoms with Crippen LogP contribution in [0.1, 0.15) is 5.56 Å². The molecule has 5 nitrogen and oxygen atoms in total. The minimum absolute atomic E-state index is 0.161. The van der Waals surface area contributed by atoms with Gasteiger partial charge in [-0.2, -0.15) is 5.26 Å². The molecule has 2 aromatic carbocycles. The standard InChI is InChI=1S/C13H6BrFN2O3/c14-9-2-4-12(10(15)6-9)20-13-5-8(7-16)1-3-11(13)17(18)19/h1-6H. The molecule has 0 aliphatic carbocycles. The molecule has 0 aliphatic rings. The molecule has 0 atom stereocenters. The van der Waals surface area contributed by atoms with Crippen molar-refractivity contribution >= 4 is 21.6 Å². The highest BCUT2D eigenvalue weighted by Crippen LogP contribution is 2.34. The summed E-state index contributed by atoms with van der Waals surface area (Å²) in [6.07, 6.45) is 0. The molecule has 2 aromatic rings. The van der Waals surface area contributed by atoms with E-state index in [2.05, 4.69) is 15.9 Å². The molecule has 0 unspecified atom stereocenters. The van der Waals surface area contributed by atoms with E-state index in [1.807, 2.05) is 6.07 Å². The van der Waals surface area contributed by atoms with Gasteiger partial charge in [-0.05, 0) is 24.3 Å². The first-order chi connectivity index (χ1) is 9.51. The monoisotopic (exact) mass is 336 g/mol. The van der Waals surface area contributed by atoms with Gasteiger partial charge in [-0.3, -0.25) is 10.1 Å². The van der Waals surface area contributed by atoms with Crippen LogP contribution >= 0.6 is 15.9 Å². The molecule has 0 spiro atoms. The first kappa shape index (κ1) is 14.0. The van der Waals surface area contributed by atoms with Crippen LogP contribution < -0.4 is 4.74 Å². The van der Waals surface area contributed by atoms with Crippen LogP contribution in [0.5, 0.6) is 11.5 Å². The van der Waals surface area contributed by atoms with Crippen molar-refractivity contribution in [3.63, 3.8) is 0 Å². The molecule has 0 bridgehead atoms. The van der Waals surface area contributed by atoms with Gasteiger partial charge in [0, 0.05) is 16.6 Å². The number of nitro groups is 1. The molecular formula is C13H6BrFN2O3. The van der Waals surface area contributed by atoms with Gasteiger partial charge in [0.1, 0.15) is 0 Å². The Morgan fingerprint density at radius 1 is 1.25 bits per heavy atom. The van der Waals surface area contributed by atoms with E-state index in [4.69, 9.17) is 10.00 Å². The summed E-state index contributed by atoms with van der Waals surface area (Å²) in [6, 6.07) is 9.52. The number of ether oxygens (including phenoxy) is 1. The average molecular weight is 337 g/mol. The third-order valence-corrected chi connectivity index (χ3v) is 2.89. The second-order valence-corrected chi connectivity index (χ2v) is 4.64. The number of benzene rings is 2. The number of hydrogen-bond acceptors (Lipinski definition) is 4. The summed E-state index contributed by atoms with van der Waals surface area (Å²) in [5, 5.41) is 19.7. The molecule has 0 saturated carbocycles. The van der Waals surface area contributed by atoms with Crippen molar-refractivity contribution in [2.45, 2.75) is 0 Å². The van der Waals surface area contributed by atoms with Crippen LogP contribution in [0.15, 0.2) is 40.9 Å². The van der Waals surface area contributed by atoms with Crippen molar-refractivity contribution in [2.24, 2.45) is 0 Å². The van der Waals surface area contributed by atoms with Crippen LogP contribution in [0.3, 0.4) is 0 Å². The summed E-state index contributed by atoms with van der Waals surface area (Å²) < 4.78 is 19.4. The van der Waals surface area contributed by atoms with Gasteiger partial charge in [0.2, 0.25) is 5.75 Å². The zero-order chi connectivity index (χ0) is 14.7. The van der Waals surface area contributed by atoms with E-state index in [9.17, 15) is 14.5 Å². The second-order valence-electron chi connectivity index (χ2n) is 3.73. The Labute approximate surface area is 121 Å². The lowest BCUT2D eigenvalue weighted by Gasteiger charge is -2.07. The lowest BCUT2D eigenvalue weighted by atomic mass is 10.2. The number of nitrogens with zero attached hydrogens (tertiary/aromatic N) is 2. The predicted molar refractivity (Wildman–Crippen MR) is 72.0 cm³/mol. The van der Waals surface area contributed by atoms with Gasteiger partial charge in [0.25, 0.3) is 0 Å². The molecule has 0 aliphatic heterocycles. The van der Waals surface area contributed by atoms with Crippen LogP contribution in [-0.2, 0) is 0 Å². The number of halogens is 2. The molecule has 100 valence electrons. The van der Waals surface area contributed by atoms with Crippen LogP contribution in [0.2, 0.25) is 0 Å². The summed E-state index contributed by atoms with van der Waals surface area (Å²) in [4.78, 5) is 10.2. The molecule has 7 heteroatoms. The topological polar surface area (TPSA) is 76.2 Å². The molecule has 0 aromatic heterocycles. The Morgan fingerprint density at radius 3 is 2.60 bits per heavy atom. The Kier molecular flexibility index (Phi) is 3.96. The molecule has 0 N–H and O–H groups in total. The van der Waals surface area contributed by atoms with Crippen molar-refractivity contribution in [3.8, 4) is 17.6 Å². The highest BCUT2D eigenvalue weighted by atomic mass is 79.9. The summed E-state index contributed by atoms with van der Waals surface area (Å²) in [5.74, 6) is -1.02. The Balaban J connectivity index is 2.46. The molecule has 0 radical (unpaired) electrons. The first-order valence-electron chi connectivity index (χ1n) is 5.32. The molecule has 20 heavy (non-hydrogen) atoms. The number of hydrogen-bond donors (Lipinski definition) is 0. The number of nitro benzene ring substituents is 1. The molecule has 0 heterocycles. The van der Waals surface area contributed by atoms with E-state index < -0.39 is 10.7 Å². The average Bonchev–Trinajstić information content (AvgIpc) is 2.41. The van der Waals surface area contributed by atoms with E-state index in [-0.39, 0.29) is 22.7 Å². The van der Waals surface area contributed by atoms with Gasteiger partial charge < -0.3 is 4.74 Å². The minimum atomic E-state index is -0.670. The largest absolute Gasteiger partial charge is 0.447 e. The lowest BCUT2D eigenvalue weighted by Crippen LogP contribution is -1.95. The molecule has 0 fully saturated rings. The van der Waals surface area contributed by atoms with Crippen LogP contribution in [0, 0.1) is 27.3 Å². The van der Waals surface area contributed by atoms with Gasteiger partial charge in [-0.15, -0.1) is 0 Å². The van der Waals surface area contributed by atoms with Gasteiger partial charge >= 0.3 is 5.69 Å². The zero-order valence-corrected chi connectivity index (χ0v) is 11.4. The SMILES string of the molecule is N#Cc1ccc([N+](=O)[O-])c(Oc2ccc(Br)cc2F)c1. The van der Waals surface area contributed by atoms with Gasteiger partial charge in [-0.1, -0.05) is 15.9 Å². The zero-order valence-electron chi connectivity index (χ0n) is 9.84. The summed E-state index contributed by atoms with van der Waals surface area (Å²) >= 11 is 3.10. The van der Waals surface area contributed by atoms with Crippen molar-refractivity contribution in [1.29, 1.82) is 5.26 Å². The lowest BCUT2D eigenvalue weighted by molar-refractivity contribution is -0.385. The Bertz CT molecular complexity index is 728. The molecule has 0 saturated heterocycles. The van der Waals surface area contributed by atoms with E-state index >= 15 is 0 Å². The summed E-state index contributed by atoms with van der Waals surface area (Å²) in [6.45, 7) is 0. The van der Waals surface area contributed by atoms with Crippen molar-refractivity contribution in [2.75, 3.05) is 0 Å². The molecule has 2 rings (SSSR count). The van der Waals surface area contributed by atoms with Crippen LogP contribution in [0.25, 0.3) is 0 Å². The maximum atomic E-state index is 13.7. The van der Waals surface area contributed by atoms with E-state index in [0.717, 1.165) is 6.07 Å². The fourth-order valence-corrected chi connectivity index (χ4v) is 1.83. The summed E-state index contributed by atoms with van der Waals surface area (Å²) in [7, 11) is 0. The highest BCUT2D eigenvalue weighted by Gasteiger charge is 2.18. The van der Waals surface area contributed by atoms with Gasteiger partial charge in [0.15, 0.2) is 11.6 Å². The summed E-state index contributed by atoms with van der Waals surface area (Å²) in [5.41, 5.74) is -0.158. The van der Waals surface area contributed by atoms with Crippen molar-refractivity contribution in [1.82, 2.24) is 0 Å². The highest BCUT2D eigenvalue weighted by molar-refractivity contribution is 9.10. The van der Waals surface area contributed by atoms with Crippen molar-refractivity contribution in [3.05, 3.63) is 62.4 Å². The number of rotatable bonds is 3. The first-order valence-corrected chi connectivity index (χ1v) is 6.12. The fraction of sp³-hybridized carbons (Fsp3) is 0. The smallest absolute Gasteiger partial charge is 0.311 e. The Hall–Kier alpha value is -2.46. The molecule has 0 amide bonds. The predicted octanol–water partition coefficient (Wildman–Crippen LogP) is 4.16. The second kappa shape index (κ2) is 5.67. The fourth-order valence-electron chi connectivity index (χ4n) is 1.49.